The number of carbonyl (C=O) groups excluding carboxylic acids is 1. The van der Waals surface area contributed by atoms with Crippen molar-refractivity contribution in [3.8, 4) is 11.3 Å². The molecule has 0 saturated carbocycles. The third kappa shape index (κ3) is 8.96. The molecule has 0 unspecified atom stereocenters. The Morgan fingerprint density at radius 3 is 2.19 bits per heavy atom. The standard InChI is InChI=1S/C23H26N2O3S.C6H8O7/c1-2-27-22(26)23(10-12-25(13-11-23)17-20-9-6-14-29-20)16-19-15-21(24-28-19)18-7-4-3-5-8-18;7-3(8)1-6(13,5(11)12)2-4(9)10/h3-9,14-15H,2,10-13,16-17H2,1H3;13H,1-2H2,(H,7,8)(H,9,10)(H,11,12). The Morgan fingerprint density at radius 2 is 1.67 bits per heavy atom. The fourth-order valence-corrected chi connectivity index (χ4v) is 5.43. The first-order valence-electron chi connectivity index (χ1n) is 13.3. The first-order chi connectivity index (χ1) is 20.0. The number of aromatic nitrogens is 1. The predicted molar refractivity (Wildman–Crippen MR) is 151 cm³/mol. The molecule has 13 heteroatoms. The molecular formula is C29H34N2O10S. The van der Waals surface area contributed by atoms with Gasteiger partial charge in [0, 0.05) is 29.5 Å². The van der Waals surface area contributed by atoms with Crippen molar-refractivity contribution in [1.29, 1.82) is 0 Å². The van der Waals surface area contributed by atoms with Crippen LogP contribution in [0.2, 0.25) is 0 Å². The maximum atomic E-state index is 12.9. The van der Waals surface area contributed by atoms with Gasteiger partial charge in [-0.25, -0.2) is 4.79 Å². The number of esters is 1. The summed E-state index contributed by atoms with van der Waals surface area (Å²) in [7, 11) is 0. The van der Waals surface area contributed by atoms with Crippen LogP contribution in [-0.2, 0) is 36.9 Å². The number of piperidine rings is 1. The fourth-order valence-electron chi connectivity index (χ4n) is 4.69. The predicted octanol–water partition coefficient (Wildman–Crippen LogP) is 3.54. The minimum Gasteiger partial charge on any atom is -0.481 e. The van der Waals surface area contributed by atoms with Crippen LogP contribution in [-0.4, -0.2) is 79.7 Å². The summed E-state index contributed by atoms with van der Waals surface area (Å²) in [6.07, 6.45) is -0.237. The normalized spacial score (nSPS) is 14.8. The molecule has 0 atom stereocenters. The minimum absolute atomic E-state index is 0.117. The number of thiophene rings is 1. The molecule has 0 spiro atoms. The van der Waals surface area contributed by atoms with Crippen molar-refractivity contribution in [1.82, 2.24) is 10.1 Å². The number of likely N-dealkylation sites (tertiary alicyclic amines) is 1. The molecule has 1 fully saturated rings. The number of carboxylic acids is 3. The van der Waals surface area contributed by atoms with E-state index in [0.29, 0.717) is 13.0 Å². The van der Waals surface area contributed by atoms with Gasteiger partial charge in [-0.15, -0.1) is 11.3 Å². The molecular weight excluding hydrogens is 568 g/mol. The molecule has 226 valence electrons. The lowest BCUT2D eigenvalue weighted by Crippen LogP contribution is -2.46. The molecule has 1 aliphatic heterocycles. The van der Waals surface area contributed by atoms with Crippen LogP contribution in [0.5, 0.6) is 0 Å². The van der Waals surface area contributed by atoms with Crippen molar-refractivity contribution in [3.05, 3.63) is 64.5 Å². The van der Waals surface area contributed by atoms with Crippen LogP contribution in [0.15, 0.2) is 58.4 Å². The molecule has 3 aromatic rings. The lowest BCUT2D eigenvalue weighted by molar-refractivity contribution is -0.170. The van der Waals surface area contributed by atoms with E-state index >= 15 is 0 Å². The summed E-state index contributed by atoms with van der Waals surface area (Å²) >= 11 is 1.78. The molecule has 2 aromatic heterocycles. The Hall–Kier alpha value is -4.07. The van der Waals surface area contributed by atoms with Crippen LogP contribution in [0, 0.1) is 5.41 Å². The number of rotatable bonds is 12. The van der Waals surface area contributed by atoms with E-state index in [1.807, 2.05) is 43.3 Å². The van der Waals surface area contributed by atoms with E-state index in [1.165, 1.54) is 4.88 Å². The Morgan fingerprint density at radius 1 is 1.02 bits per heavy atom. The quantitative estimate of drug-likeness (QED) is 0.221. The van der Waals surface area contributed by atoms with E-state index in [9.17, 15) is 19.2 Å². The SMILES string of the molecule is CCOC(=O)C1(Cc2cc(-c3ccccc3)no2)CCN(Cc2cccs2)CC1.O=C(O)CC(O)(CC(=O)O)C(=O)O. The molecule has 12 nitrogen and oxygen atoms in total. The summed E-state index contributed by atoms with van der Waals surface area (Å²) < 4.78 is 11.1. The van der Waals surface area contributed by atoms with Gasteiger partial charge in [0.05, 0.1) is 24.9 Å². The molecule has 0 amide bonds. The van der Waals surface area contributed by atoms with Crippen molar-refractivity contribution in [2.75, 3.05) is 19.7 Å². The molecule has 0 radical (unpaired) electrons. The van der Waals surface area contributed by atoms with Crippen LogP contribution in [0.1, 0.15) is 43.2 Å². The average Bonchev–Trinajstić information content (AvgIpc) is 3.62. The van der Waals surface area contributed by atoms with E-state index < -0.39 is 41.8 Å². The Kier molecular flexibility index (Phi) is 11.4. The number of aliphatic hydroxyl groups is 1. The van der Waals surface area contributed by atoms with Gasteiger partial charge in [0.2, 0.25) is 0 Å². The molecule has 4 rings (SSSR count). The number of aliphatic carboxylic acids is 3. The van der Waals surface area contributed by atoms with Crippen molar-refractivity contribution in [3.63, 3.8) is 0 Å². The van der Waals surface area contributed by atoms with E-state index in [4.69, 9.17) is 29.7 Å². The van der Waals surface area contributed by atoms with Gasteiger partial charge in [0.1, 0.15) is 11.5 Å². The monoisotopic (exact) mass is 602 g/mol. The van der Waals surface area contributed by atoms with Gasteiger partial charge in [-0.05, 0) is 44.3 Å². The van der Waals surface area contributed by atoms with Crippen molar-refractivity contribution >= 4 is 35.2 Å². The number of hydrogen-bond acceptors (Lipinski definition) is 10. The van der Waals surface area contributed by atoms with Gasteiger partial charge < -0.3 is 29.7 Å². The summed E-state index contributed by atoms with van der Waals surface area (Å²) in [5, 5.41) is 40.1. The highest BCUT2D eigenvalue weighted by atomic mass is 32.1. The molecule has 1 aromatic carbocycles. The maximum absolute atomic E-state index is 12.9. The number of carbonyl (C=O) groups is 4. The molecule has 4 N–H and O–H groups in total. The average molecular weight is 603 g/mol. The van der Waals surface area contributed by atoms with E-state index in [1.54, 1.807) is 11.3 Å². The minimum atomic E-state index is -2.74. The second-order valence-electron chi connectivity index (χ2n) is 10.1. The van der Waals surface area contributed by atoms with Crippen molar-refractivity contribution in [2.45, 2.75) is 51.2 Å². The third-order valence-corrected chi connectivity index (χ3v) is 7.77. The van der Waals surface area contributed by atoms with Crippen LogP contribution >= 0.6 is 11.3 Å². The lowest BCUT2D eigenvalue weighted by atomic mass is 9.75. The highest BCUT2D eigenvalue weighted by molar-refractivity contribution is 7.09. The smallest absolute Gasteiger partial charge is 0.336 e. The number of hydrogen-bond donors (Lipinski definition) is 4. The van der Waals surface area contributed by atoms with E-state index in [0.717, 1.165) is 49.5 Å². The fraction of sp³-hybridized carbons (Fsp3) is 0.414. The highest BCUT2D eigenvalue weighted by Gasteiger charge is 2.44. The Balaban J connectivity index is 0.000000316. The van der Waals surface area contributed by atoms with Crippen LogP contribution < -0.4 is 0 Å². The zero-order valence-corrected chi connectivity index (χ0v) is 23.9. The van der Waals surface area contributed by atoms with Crippen molar-refractivity contribution < 1.29 is 48.9 Å². The molecule has 1 aliphatic rings. The van der Waals surface area contributed by atoms with Crippen LogP contribution in [0.3, 0.4) is 0 Å². The summed E-state index contributed by atoms with van der Waals surface area (Å²) in [6.45, 7) is 4.94. The largest absolute Gasteiger partial charge is 0.481 e. The first kappa shape index (κ1) is 32.4. The van der Waals surface area contributed by atoms with Gasteiger partial charge in [-0.2, -0.15) is 0 Å². The third-order valence-electron chi connectivity index (χ3n) is 6.91. The molecule has 1 saturated heterocycles. The Bertz CT molecular complexity index is 1320. The molecule has 42 heavy (non-hydrogen) atoms. The highest BCUT2D eigenvalue weighted by Crippen LogP contribution is 2.38. The lowest BCUT2D eigenvalue weighted by Gasteiger charge is -2.39. The summed E-state index contributed by atoms with van der Waals surface area (Å²) in [6, 6.07) is 16.1. The van der Waals surface area contributed by atoms with Gasteiger partial charge >= 0.3 is 23.9 Å². The number of ether oxygens (including phenoxy) is 1. The zero-order valence-electron chi connectivity index (χ0n) is 23.1. The van der Waals surface area contributed by atoms with Crippen LogP contribution in [0.25, 0.3) is 11.3 Å². The maximum Gasteiger partial charge on any atom is 0.336 e. The number of carboxylic acid groups (broad SMARTS) is 3. The van der Waals surface area contributed by atoms with Gasteiger partial charge in [0.25, 0.3) is 0 Å². The Labute approximate surface area is 246 Å². The molecule has 0 bridgehead atoms. The first-order valence-corrected chi connectivity index (χ1v) is 14.2. The van der Waals surface area contributed by atoms with Crippen molar-refractivity contribution in [2.24, 2.45) is 5.41 Å². The zero-order chi connectivity index (χ0) is 30.8. The van der Waals surface area contributed by atoms with Crippen LogP contribution in [0.4, 0.5) is 0 Å². The van der Waals surface area contributed by atoms with E-state index in [-0.39, 0.29) is 5.97 Å². The molecule has 3 heterocycles. The number of benzene rings is 1. The summed E-state index contributed by atoms with van der Waals surface area (Å²) in [5.74, 6) is -4.40. The second-order valence-corrected chi connectivity index (χ2v) is 11.1. The molecule has 0 aliphatic carbocycles. The van der Waals surface area contributed by atoms with Gasteiger partial charge in [-0.3, -0.25) is 19.3 Å². The summed E-state index contributed by atoms with van der Waals surface area (Å²) in [4.78, 5) is 47.2. The summed E-state index contributed by atoms with van der Waals surface area (Å²) in [5.41, 5.74) is -1.47. The van der Waals surface area contributed by atoms with E-state index in [2.05, 4.69) is 27.6 Å². The number of nitrogens with zero attached hydrogens (tertiary/aromatic N) is 2. The van der Waals surface area contributed by atoms with Gasteiger partial charge in [0.15, 0.2) is 5.60 Å². The second kappa shape index (κ2) is 14.7. The van der Waals surface area contributed by atoms with Gasteiger partial charge in [-0.1, -0.05) is 41.6 Å². The topological polar surface area (TPSA) is 188 Å².